The molecule has 2 fully saturated rings. The first-order chi connectivity index (χ1) is 19.2. The molecular formula is C27H28ClF3N4O5S. The van der Waals surface area contributed by atoms with Crippen molar-refractivity contribution in [3.63, 3.8) is 0 Å². The molecule has 3 heterocycles. The van der Waals surface area contributed by atoms with E-state index >= 15 is 0 Å². The van der Waals surface area contributed by atoms with Gasteiger partial charge in [0.05, 0.1) is 16.6 Å². The molecule has 0 bridgehead atoms. The Balaban J connectivity index is 1.70. The Morgan fingerprint density at radius 3 is 2.68 bits per heavy atom. The van der Waals surface area contributed by atoms with Gasteiger partial charge in [-0.15, -0.1) is 12.3 Å². The topological polar surface area (TPSA) is 128 Å². The van der Waals surface area contributed by atoms with Gasteiger partial charge in [0.2, 0.25) is 26.8 Å². The second-order valence-corrected chi connectivity index (χ2v) is 12.7. The lowest BCUT2D eigenvalue weighted by molar-refractivity contribution is -0.140. The molecule has 1 aromatic heterocycles. The molecule has 0 radical (unpaired) electrons. The second-order valence-electron chi connectivity index (χ2n) is 10.3. The number of nitrogens with one attached hydrogen (secondary N) is 3. The number of aromatic nitrogens is 1. The summed E-state index contributed by atoms with van der Waals surface area (Å²) in [4.78, 5) is 43.3. The first kappa shape index (κ1) is 30.5. The molecule has 0 spiro atoms. The summed E-state index contributed by atoms with van der Waals surface area (Å²) < 4.78 is 67.8. The molecule has 4 atom stereocenters. The van der Waals surface area contributed by atoms with E-state index in [9.17, 15) is 36.0 Å². The van der Waals surface area contributed by atoms with Crippen LogP contribution in [0.15, 0.2) is 35.5 Å². The number of likely N-dealkylation sites (tertiary alicyclic amines) is 1. The van der Waals surface area contributed by atoms with Gasteiger partial charge in [-0.2, -0.15) is 4.39 Å². The van der Waals surface area contributed by atoms with Gasteiger partial charge < -0.3 is 20.5 Å². The zero-order valence-electron chi connectivity index (χ0n) is 21.9. The summed E-state index contributed by atoms with van der Waals surface area (Å²) in [5.74, 6) is -4.00. The predicted molar refractivity (Wildman–Crippen MR) is 146 cm³/mol. The van der Waals surface area contributed by atoms with Crippen LogP contribution in [0.2, 0.25) is 5.02 Å². The summed E-state index contributed by atoms with van der Waals surface area (Å²) in [6.45, 7) is 0.335. The minimum Gasteiger partial charge on any atom is -0.356 e. The minimum absolute atomic E-state index is 0.0136. The molecule has 0 unspecified atom stereocenters. The highest BCUT2D eigenvalue weighted by molar-refractivity contribution is 7.94. The quantitative estimate of drug-likeness (QED) is 0.394. The van der Waals surface area contributed by atoms with Crippen LogP contribution in [0.25, 0.3) is 10.9 Å². The molecule has 14 heteroatoms. The third kappa shape index (κ3) is 6.87. The van der Waals surface area contributed by atoms with E-state index in [1.54, 1.807) is 18.2 Å². The fraction of sp³-hybridized carbons (Fsp3) is 0.444. The number of aromatic amines is 1. The highest BCUT2D eigenvalue weighted by Crippen LogP contribution is 2.38. The van der Waals surface area contributed by atoms with Gasteiger partial charge >= 0.3 is 0 Å². The Morgan fingerprint density at radius 2 is 2.07 bits per heavy atom. The van der Waals surface area contributed by atoms with Gasteiger partial charge in [0.25, 0.3) is 11.8 Å². The second kappa shape index (κ2) is 11.8. The van der Waals surface area contributed by atoms with Gasteiger partial charge in [-0.3, -0.25) is 14.4 Å². The number of rotatable bonds is 8. The molecule has 2 aliphatic heterocycles. The molecule has 0 aliphatic carbocycles. The number of carbonyl (C=O) groups excluding carboxylic acids is 3. The van der Waals surface area contributed by atoms with E-state index in [-0.39, 0.29) is 24.4 Å². The maximum atomic E-state index is 14.9. The van der Waals surface area contributed by atoms with Crippen molar-refractivity contribution < 1.29 is 36.0 Å². The number of alkyl halides is 2. The summed E-state index contributed by atoms with van der Waals surface area (Å²) >= 11 is 6.21. The van der Waals surface area contributed by atoms with Crippen LogP contribution in [0.4, 0.5) is 13.2 Å². The first-order valence-corrected chi connectivity index (χ1v) is 15.0. The molecule has 2 aliphatic rings. The van der Waals surface area contributed by atoms with Crippen molar-refractivity contribution in [1.82, 2.24) is 20.5 Å². The standard InChI is InChI=1S/C27H28ClF3N4O5S/c1-3-5-18-13-27(30,31)14-21(35(18)26(38)20-11-15-6-4-7-19(28)23(15)34-20)25(37)33-17(12-22(29)41(2,39)40)10-16-8-9-32-24(16)36/h1,4,6-7,11-12,16-18,21,34H,5,8-10,13-14H2,2H3,(H,32,36)(H,33,37)/b22-12+/t16-,17-,18-,21-/m0/s1. The lowest BCUT2D eigenvalue weighted by atomic mass is 9.89. The Labute approximate surface area is 239 Å². The molecule has 9 nitrogen and oxygen atoms in total. The van der Waals surface area contributed by atoms with E-state index in [4.69, 9.17) is 18.0 Å². The smallest absolute Gasteiger partial charge is 0.271 e. The van der Waals surface area contributed by atoms with Crippen molar-refractivity contribution in [3.05, 3.63) is 46.2 Å². The molecule has 4 rings (SSSR count). The summed E-state index contributed by atoms with van der Waals surface area (Å²) in [6.07, 6.45) is 4.72. The minimum atomic E-state index is -4.30. The fourth-order valence-corrected chi connectivity index (χ4v) is 5.91. The van der Waals surface area contributed by atoms with E-state index in [1.165, 1.54) is 6.07 Å². The van der Waals surface area contributed by atoms with Gasteiger partial charge in [0.1, 0.15) is 11.7 Å². The molecule has 3 amide bonds. The van der Waals surface area contributed by atoms with E-state index in [0.29, 0.717) is 41.2 Å². The lowest BCUT2D eigenvalue weighted by Crippen LogP contribution is -2.61. The van der Waals surface area contributed by atoms with E-state index in [1.807, 2.05) is 0 Å². The van der Waals surface area contributed by atoms with Crippen LogP contribution in [-0.4, -0.2) is 72.9 Å². The number of para-hydroxylation sites is 1. The van der Waals surface area contributed by atoms with Crippen LogP contribution in [0, 0.1) is 18.3 Å². The Kier molecular flexibility index (Phi) is 8.75. The largest absolute Gasteiger partial charge is 0.356 e. The van der Waals surface area contributed by atoms with Crippen molar-refractivity contribution >= 4 is 50.1 Å². The van der Waals surface area contributed by atoms with Crippen LogP contribution < -0.4 is 10.6 Å². The number of terminal acetylenes is 1. The van der Waals surface area contributed by atoms with E-state index in [0.717, 1.165) is 4.90 Å². The number of H-pyrrole nitrogens is 1. The third-order valence-electron chi connectivity index (χ3n) is 7.20. The van der Waals surface area contributed by atoms with Gasteiger partial charge in [-0.25, -0.2) is 17.2 Å². The van der Waals surface area contributed by atoms with E-state index in [2.05, 4.69) is 21.5 Å². The maximum Gasteiger partial charge on any atom is 0.271 e. The van der Waals surface area contributed by atoms with Crippen LogP contribution in [0.1, 0.15) is 42.6 Å². The molecule has 220 valence electrons. The average Bonchev–Trinajstić information content (AvgIpc) is 3.49. The number of nitrogens with zero attached hydrogens (tertiary/aromatic N) is 1. The molecule has 0 saturated carbocycles. The lowest BCUT2D eigenvalue weighted by Gasteiger charge is -2.44. The Bertz CT molecular complexity index is 1550. The van der Waals surface area contributed by atoms with Gasteiger partial charge in [0.15, 0.2) is 0 Å². The summed E-state index contributed by atoms with van der Waals surface area (Å²) in [5.41, 5.74) is 0.422. The Morgan fingerprint density at radius 1 is 1.34 bits per heavy atom. The SMILES string of the molecule is C#CC[C@H]1CC(F)(F)C[C@@H](C(=O)N[C@H](/C=C(\F)S(C)(=O)=O)C[C@@H]2CCNC2=O)N1C(=O)c1cc2cccc(Cl)c2[nH]1. The molecule has 1 aromatic carbocycles. The number of sulfone groups is 1. The van der Waals surface area contributed by atoms with Crippen molar-refractivity contribution in [2.75, 3.05) is 12.8 Å². The van der Waals surface area contributed by atoms with Crippen LogP contribution >= 0.6 is 11.6 Å². The highest BCUT2D eigenvalue weighted by atomic mass is 35.5. The predicted octanol–water partition coefficient (Wildman–Crippen LogP) is 3.32. The van der Waals surface area contributed by atoms with Gasteiger partial charge in [0, 0.05) is 49.4 Å². The number of piperidine rings is 1. The average molecular weight is 613 g/mol. The number of amides is 3. The molecular weight excluding hydrogens is 585 g/mol. The monoisotopic (exact) mass is 612 g/mol. The van der Waals surface area contributed by atoms with Crippen molar-refractivity contribution in [1.29, 1.82) is 0 Å². The third-order valence-corrected chi connectivity index (χ3v) is 8.36. The fourth-order valence-electron chi connectivity index (χ4n) is 5.27. The summed E-state index contributed by atoms with van der Waals surface area (Å²) in [6, 6.07) is 2.10. The van der Waals surface area contributed by atoms with Crippen LogP contribution in [-0.2, 0) is 19.4 Å². The van der Waals surface area contributed by atoms with Gasteiger partial charge in [-0.05, 0) is 31.1 Å². The number of carbonyl (C=O) groups is 3. The normalized spacial score (nSPS) is 23.6. The van der Waals surface area contributed by atoms with Gasteiger partial charge in [-0.1, -0.05) is 23.7 Å². The first-order valence-electron chi connectivity index (χ1n) is 12.8. The number of benzene rings is 1. The summed E-state index contributed by atoms with van der Waals surface area (Å²) in [7, 11) is -4.30. The molecule has 2 aromatic rings. The zero-order chi connectivity index (χ0) is 30.1. The number of fused-ring (bicyclic) bond motifs is 1. The number of hydrogen-bond donors (Lipinski definition) is 3. The molecule has 2 saturated heterocycles. The Hall–Kier alpha value is -3.50. The van der Waals surface area contributed by atoms with Crippen LogP contribution in [0.3, 0.4) is 0 Å². The maximum absolute atomic E-state index is 14.9. The number of halogens is 4. The van der Waals surface area contributed by atoms with Crippen molar-refractivity contribution in [2.45, 2.75) is 56.2 Å². The molecule has 41 heavy (non-hydrogen) atoms. The van der Waals surface area contributed by atoms with Crippen LogP contribution in [0.5, 0.6) is 0 Å². The highest BCUT2D eigenvalue weighted by Gasteiger charge is 2.50. The molecule has 3 N–H and O–H groups in total. The van der Waals surface area contributed by atoms with Crippen molar-refractivity contribution in [2.24, 2.45) is 5.92 Å². The van der Waals surface area contributed by atoms with Crippen molar-refractivity contribution in [3.8, 4) is 12.3 Å². The number of hydrogen-bond acceptors (Lipinski definition) is 5. The zero-order valence-corrected chi connectivity index (χ0v) is 23.5. The van der Waals surface area contributed by atoms with E-state index < -0.39 is 69.6 Å². The summed E-state index contributed by atoms with van der Waals surface area (Å²) in [5, 5.41) is 4.34.